The molecule has 3 aromatic rings. The molecule has 3 unspecified atom stereocenters. The lowest BCUT2D eigenvalue weighted by molar-refractivity contribution is -0.138. The van der Waals surface area contributed by atoms with Crippen molar-refractivity contribution in [3.63, 3.8) is 0 Å². The second kappa shape index (κ2) is 16.1. The number of benzene rings is 3. The molecule has 1 fully saturated rings. The highest BCUT2D eigenvalue weighted by molar-refractivity contribution is 5.96. The number of aromatic hydroxyl groups is 1. The van der Waals surface area contributed by atoms with E-state index in [0.29, 0.717) is 12.0 Å². The molecule has 0 aliphatic carbocycles. The number of hydrogen-bond acceptors (Lipinski definition) is 7. The van der Waals surface area contributed by atoms with Crippen molar-refractivity contribution < 1.29 is 29.1 Å². The Kier molecular flexibility index (Phi) is 11.7. The zero-order chi connectivity index (χ0) is 33.9. The van der Waals surface area contributed by atoms with Crippen molar-refractivity contribution in [1.29, 1.82) is 5.41 Å². The second-order valence-electron chi connectivity index (χ2n) is 11.5. The van der Waals surface area contributed by atoms with Crippen LogP contribution in [0.25, 0.3) is 10.8 Å². The summed E-state index contributed by atoms with van der Waals surface area (Å²) in [5.41, 5.74) is 6.77. The van der Waals surface area contributed by atoms with Crippen LogP contribution in [0.3, 0.4) is 0 Å². The van der Waals surface area contributed by atoms with Crippen LogP contribution in [-0.4, -0.2) is 90.3 Å². The van der Waals surface area contributed by atoms with E-state index in [1.54, 1.807) is 12.1 Å². The second-order valence-corrected chi connectivity index (χ2v) is 11.5. The number of likely N-dealkylation sites (N-methyl/N-ethyl adjacent to an activating group) is 1. The first kappa shape index (κ1) is 34.2. The van der Waals surface area contributed by atoms with Crippen molar-refractivity contribution >= 4 is 46.3 Å². The number of phenols is 1. The van der Waals surface area contributed by atoms with Crippen molar-refractivity contribution in [2.45, 2.75) is 43.8 Å². The van der Waals surface area contributed by atoms with E-state index in [-0.39, 0.29) is 37.5 Å². The molecular formula is C33H40N8O6. The van der Waals surface area contributed by atoms with E-state index in [9.17, 15) is 29.1 Å². The van der Waals surface area contributed by atoms with Gasteiger partial charge in [-0.2, -0.15) is 0 Å². The minimum Gasteiger partial charge on any atom is -0.508 e. The number of hydrogen-bond donors (Lipinski definition) is 8. The van der Waals surface area contributed by atoms with Crippen LogP contribution in [0.5, 0.6) is 5.75 Å². The molecule has 47 heavy (non-hydrogen) atoms. The molecular weight excluding hydrogens is 604 g/mol. The number of amides is 5. The molecule has 1 aliphatic heterocycles. The van der Waals surface area contributed by atoms with Crippen LogP contribution in [0, 0.1) is 5.41 Å². The third-order valence-electron chi connectivity index (χ3n) is 7.71. The zero-order valence-electron chi connectivity index (χ0n) is 26.0. The van der Waals surface area contributed by atoms with Gasteiger partial charge in [-0.1, -0.05) is 54.6 Å². The third-order valence-corrected chi connectivity index (χ3v) is 7.71. The summed E-state index contributed by atoms with van der Waals surface area (Å²) in [6.07, 6.45) is 0.646. The van der Waals surface area contributed by atoms with Gasteiger partial charge in [-0.25, -0.2) is 0 Å². The molecule has 14 heteroatoms. The minimum absolute atomic E-state index is 0.0377. The molecule has 9 N–H and O–H groups in total. The average molecular weight is 645 g/mol. The van der Waals surface area contributed by atoms with Gasteiger partial charge < -0.3 is 42.3 Å². The number of carbonyl (C=O) groups excluding carboxylic acids is 5. The molecule has 4 rings (SSSR count). The topological polar surface area (TPSA) is 219 Å². The summed E-state index contributed by atoms with van der Waals surface area (Å²) in [5.74, 6) is -3.29. The van der Waals surface area contributed by atoms with Gasteiger partial charge in [-0.05, 0) is 46.9 Å². The van der Waals surface area contributed by atoms with Crippen molar-refractivity contribution in [2.24, 2.45) is 5.73 Å². The molecule has 1 heterocycles. The number of carbonyl (C=O) groups is 5. The molecule has 5 amide bonds. The van der Waals surface area contributed by atoms with E-state index < -0.39 is 60.8 Å². The lowest BCUT2D eigenvalue weighted by atomic mass is 10.0. The van der Waals surface area contributed by atoms with Gasteiger partial charge in [-0.3, -0.25) is 29.4 Å². The predicted molar refractivity (Wildman–Crippen MR) is 175 cm³/mol. The van der Waals surface area contributed by atoms with E-state index in [1.165, 1.54) is 19.2 Å². The Balaban J connectivity index is 1.60. The fraction of sp³-hybridized carbons (Fsp3) is 0.333. The summed E-state index contributed by atoms with van der Waals surface area (Å²) < 4.78 is 0. The van der Waals surface area contributed by atoms with Gasteiger partial charge in [0.2, 0.25) is 29.5 Å². The zero-order valence-corrected chi connectivity index (χ0v) is 26.0. The summed E-state index contributed by atoms with van der Waals surface area (Å²) in [7, 11) is 1.41. The standard InChI is InChI=1S/C33H40N8O6/c1-41-19-29(44)38-25(7-4-14-36-33(34)35)31(46)40-26(17-21-8-11-22-5-2-3-6-23(22)15-21)30(45)37-18-28(43)39-27(32(41)47)16-20-9-12-24(42)13-10-20/h2-3,5-6,8-13,15,25-27,42H,4,7,14,16-19H2,1H3,(H,37,45)(H,38,44)(H,39,43)(H,40,46)(H4,34,35,36). The van der Waals surface area contributed by atoms with Crippen molar-refractivity contribution in [2.75, 3.05) is 26.7 Å². The van der Waals surface area contributed by atoms with Crippen LogP contribution in [0.4, 0.5) is 0 Å². The van der Waals surface area contributed by atoms with Gasteiger partial charge in [0.1, 0.15) is 23.9 Å². The first-order valence-corrected chi connectivity index (χ1v) is 15.2. The number of nitrogens with one attached hydrogen (secondary N) is 6. The van der Waals surface area contributed by atoms with E-state index in [2.05, 4.69) is 26.6 Å². The highest BCUT2D eigenvalue weighted by atomic mass is 16.3. The van der Waals surface area contributed by atoms with Crippen LogP contribution in [-0.2, 0) is 36.8 Å². The van der Waals surface area contributed by atoms with Crippen LogP contribution in [0.15, 0.2) is 66.7 Å². The van der Waals surface area contributed by atoms with Crippen molar-refractivity contribution in [3.8, 4) is 5.75 Å². The fourth-order valence-electron chi connectivity index (χ4n) is 5.28. The van der Waals surface area contributed by atoms with Crippen molar-refractivity contribution in [1.82, 2.24) is 31.5 Å². The normalized spacial score (nSPS) is 19.9. The first-order chi connectivity index (χ1) is 22.5. The summed E-state index contributed by atoms with van der Waals surface area (Å²) in [4.78, 5) is 67.9. The number of fused-ring (bicyclic) bond motifs is 1. The molecule has 1 saturated heterocycles. The van der Waals surface area contributed by atoms with E-state index >= 15 is 0 Å². The lowest BCUT2D eigenvalue weighted by Gasteiger charge is -2.25. The fourth-order valence-corrected chi connectivity index (χ4v) is 5.28. The Morgan fingerprint density at radius 1 is 0.851 bits per heavy atom. The van der Waals surface area contributed by atoms with E-state index in [0.717, 1.165) is 21.2 Å². The minimum atomic E-state index is -1.10. The molecule has 0 bridgehead atoms. The first-order valence-electron chi connectivity index (χ1n) is 15.2. The monoisotopic (exact) mass is 644 g/mol. The summed E-state index contributed by atoms with van der Waals surface area (Å²) >= 11 is 0. The SMILES string of the molecule is CN1CC(=O)NC(CCCNC(=N)N)C(=O)NC(Cc2ccc3ccccc3c2)C(=O)NCC(=O)NC(Cc2ccc(O)cc2)C1=O. The Bertz CT molecular complexity index is 1630. The lowest BCUT2D eigenvalue weighted by Crippen LogP contribution is -2.55. The third kappa shape index (κ3) is 10.2. The van der Waals surface area contributed by atoms with Crippen LogP contribution < -0.4 is 32.3 Å². The van der Waals surface area contributed by atoms with Gasteiger partial charge >= 0.3 is 0 Å². The van der Waals surface area contributed by atoms with E-state index in [1.807, 2.05) is 42.5 Å². The molecule has 14 nitrogen and oxygen atoms in total. The van der Waals surface area contributed by atoms with Gasteiger partial charge in [0.15, 0.2) is 5.96 Å². The maximum Gasteiger partial charge on any atom is 0.245 e. The number of guanidine groups is 1. The summed E-state index contributed by atoms with van der Waals surface area (Å²) in [6, 6.07) is 16.3. The smallest absolute Gasteiger partial charge is 0.245 e. The van der Waals surface area contributed by atoms with Crippen LogP contribution in [0.1, 0.15) is 24.0 Å². The van der Waals surface area contributed by atoms with Gasteiger partial charge in [0, 0.05) is 26.4 Å². The number of nitrogens with zero attached hydrogens (tertiary/aromatic N) is 1. The maximum absolute atomic E-state index is 13.6. The molecule has 1 aliphatic rings. The quantitative estimate of drug-likeness (QED) is 0.0917. The van der Waals surface area contributed by atoms with Crippen molar-refractivity contribution in [3.05, 3.63) is 77.9 Å². The molecule has 0 radical (unpaired) electrons. The summed E-state index contributed by atoms with van der Waals surface area (Å²) in [5, 5.41) is 32.3. The number of nitrogens with two attached hydrogens (primary N) is 1. The molecule has 0 spiro atoms. The number of rotatable bonds is 8. The maximum atomic E-state index is 13.6. The summed E-state index contributed by atoms with van der Waals surface area (Å²) in [6.45, 7) is -0.613. The molecule has 0 aromatic heterocycles. The average Bonchev–Trinajstić information content (AvgIpc) is 3.04. The Hall–Kier alpha value is -5.66. The van der Waals surface area contributed by atoms with Crippen LogP contribution >= 0.6 is 0 Å². The van der Waals surface area contributed by atoms with Gasteiger partial charge in [-0.15, -0.1) is 0 Å². The molecule has 0 saturated carbocycles. The predicted octanol–water partition coefficient (Wildman–Crippen LogP) is -0.364. The molecule has 3 atom stereocenters. The molecule has 248 valence electrons. The highest BCUT2D eigenvalue weighted by Crippen LogP contribution is 2.17. The van der Waals surface area contributed by atoms with Gasteiger partial charge in [0.25, 0.3) is 0 Å². The highest BCUT2D eigenvalue weighted by Gasteiger charge is 2.30. The van der Waals surface area contributed by atoms with E-state index in [4.69, 9.17) is 11.1 Å². The van der Waals surface area contributed by atoms with Gasteiger partial charge in [0.05, 0.1) is 13.1 Å². The van der Waals surface area contributed by atoms with Crippen LogP contribution in [0.2, 0.25) is 0 Å². The number of phenolic OH excluding ortho intramolecular Hbond substituents is 1. The Morgan fingerprint density at radius 3 is 2.23 bits per heavy atom. The largest absolute Gasteiger partial charge is 0.508 e. The molecule has 3 aromatic carbocycles. The Morgan fingerprint density at radius 2 is 1.51 bits per heavy atom. The Labute approximate surface area is 272 Å².